The van der Waals surface area contributed by atoms with E-state index in [2.05, 4.69) is 0 Å². The highest BCUT2D eigenvalue weighted by molar-refractivity contribution is 5.90. The molecule has 1 N–H and O–H groups in total. The number of carboxylic acids is 1. The fourth-order valence-corrected chi connectivity index (χ4v) is 2.19. The molecule has 0 amide bonds. The Kier molecular flexibility index (Phi) is 5.95. The topological polar surface area (TPSA) is 63.6 Å². The standard InChI is InChI=1S/C16H17F3O4/c1-3-15(4-2,23-14(22)10-9-13(20)21)11-5-7-12(8-6-11)16(17,18)19/h5-10H,3-4H2,1-2H3,(H,20,21)/b10-9+. The molecule has 4 nitrogen and oxygen atoms in total. The Bertz CT molecular complexity index is 584. The monoisotopic (exact) mass is 330 g/mol. The van der Waals surface area contributed by atoms with Crippen LogP contribution in [0.1, 0.15) is 37.8 Å². The largest absolute Gasteiger partial charge is 0.478 e. The summed E-state index contributed by atoms with van der Waals surface area (Å²) in [6.45, 7) is 3.46. The average molecular weight is 330 g/mol. The number of halogens is 3. The Morgan fingerprint density at radius 3 is 1.91 bits per heavy atom. The lowest BCUT2D eigenvalue weighted by Crippen LogP contribution is -2.30. The summed E-state index contributed by atoms with van der Waals surface area (Å²) in [7, 11) is 0. The Balaban J connectivity index is 3.09. The van der Waals surface area contributed by atoms with Crippen molar-refractivity contribution in [3.05, 3.63) is 47.5 Å². The number of aliphatic carboxylic acids is 1. The Labute approximate surface area is 131 Å². The van der Waals surface area contributed by atoms with E-state index in [1.54, 1.807) is 13.8 Å². The maximum Gasteiger partial charge on any atom is 0.416 e. The van der Waals surface area contributed by atoms with E-state index in [-0.39, 0.29) is 0 Å². The maximum atomic E-state index is 12.6. The van der Waals surface area contributed by atoms with Gasteiger partial charge in [-0.05, 0) is 30.5 Å². The minimum Gasteiger partial charge on any atom is -0.478 e. The highest BCUT2D eigenvalue weighted by Gasteiger charge is 2.34. The highest BCUT2D eigenvalue weighted by atomic mass is 19.4. The summed E-state index contributed by atoms with van der Waals surface area (Å²) in [6.07, 6.45) is -2.36. The van der Waals surface area contributed by atoms with Gasteiger partial charge in [0.1, 0.15) is 5.60 Å². The summed E-state index contributed by atoms with van der Waals surface area (Å²) in [5.41, 5.74) is -1.48. The number of carboxylic acid groups (broad SMARTS) is 1. The minimum atomic E-state index is -4.44. The van der Waals surface area contributed by atoms with Crippen LogP contribution in [0.4, 0.5) is 13.2 Å². The zero-order chi connectivity index (χ0) is 17.7. The van der Waals surface area contributed by atoms with Crippen molar-refractivity contribution < 1.29 is 32.6 Å². The molecule has 0 aliphatic rings. The molecule has 126 valence electrons. The smallest absolute Gasteiger partial charge is 0.416 e. The summed E-state index contributed by atoms with van der Waals surface area (Å²) in [5, 5.41) is 8.50. The lowest BCUT2D eigenvalue weighted by molar-refractivity contribution is -0.156. The van der Waals surface area contributed by atoms with Gasteiger partial charge in [0.25, 0.3) is 0 Å². The van der Waals surface area contributed by atoms with Gasteiger partial charge in [0.15, 0.2) is 0 Å². The third kappa shape index (κ3) is 4.84. The molecule has 0 fully saturated rings. The van der Waals surface area contributed by atoms with E-state index in [0.717, 1.165) is 18.2 Å². The second-order valence-electron chi connectivity index (χ2n) is 4.87. The molecule has 0 saturated heterocycles. The molecule has 0 radical (unpaired) electrons. The molecule has 1 aromatic carbocycles. The first-order valence-electron chi connectivity index (χ1n) is 6.96. The van der Waals surface area contributed by atoms with Gasteiger partial charge in [-0.3, -0.25) is 0 Å². The van der Waals surface area contributed by atoms with Crippen molar-refractivity contribution in [3.8, 4) is 0 Å². The van der Waals surface area contributed by atoms with E-state index in [1.807, 2.05) is 0 Å². The number of alkyl halides is 3. The number of rotatable bonds is 6. The Morgan fingerprint density at radius 1 is 1.04 bits per heavy atom. The SMILES string of the molecule is CCC(CC)(OC(=O)/C=C/C(=O)O)c1ccc(C(F)(F)F)cc1. The molecule has 0 saturated carbocycles. The normalized spacial score (nSPS) is 12.4. The van der Waals surface area contributed by atoms with Crippen molar-refractivity contribution in [2.24, 2.45) is 0 Å². The lowest BCUT2D eigenvalue weighted by atomic mass is 9.87. The maximum absolute atomic E-state index is 12.6. The molecule has 1 rings (SSSR count). The zero-order valence-corrected chi connectivity index (χ0v) is 12.7. The van der Waals surface area contributed by atoms with Crippen molar-refractivity contribution in [2.75, 3.05) is 0 Å². The number of carbonyl (C=O) groups is 2. The molecule has 7 heteroatoms. The summed E-state index contributed by atoms with van der Waals surface area (Å²) < 4.78 is 43.2. The second kappa shape index (κ2) is 7.30. The molecule has 0 bridgehead atoms. The van der Waals surface area contributed by atoms with Crippen LogP contribution >= 0.6 is 0 Å². The predicted molar refractivity (Wildman–Crippen MR) is 76.6 cm³/mol. The second-order valence-corrected chi connectivity index (χ2v) is 4.87. The van der Waals surface area contributed by atoms with Crippen molar-refractivity contribution in [3.63, 3.8) is 0 Å². The van der Waals surface area contributed by atoms with Crippen LogP contribution in [0.2, 0.25) is 0 Å². The predicted octanol–water partition coefficient (Wildman–Crippen LogP) is 3.90. The van der Waals surface area contributed by atoms with Crippen LogP contribution in [-0.4, -0.2) is 17.0 Å². The summed E-state index contributed by atoms with van der Waals surface area (Å²) in [5.74, 6) is -2.16. The van der Waals surface area contributed by atoms with Crippen LogP contribution < -0.4 is 0 Å². The van der Waals surface area contributed by atoms with Gasteiger partial charge in [-0.1, -0.05) is 26.0 Å². The quantitative estimate of drug-likeness (QED) is 0.634. The molecule has 0 unspecified atom stereocenters. The first-order chi connectivity index (χ1) is 10.6. The van der Waals surface area contributed by atoms with Gasteiger partial charge in [0, 0.05) is 12.2 Å². The van der Waals surface area contributed by atoms with E-state index < -0.39 is 29.3 Å². The highest BCUT2D eigenvalue weighted by Crippen LogP contribution is 2.36. The summed E-state index contributed by atoms with van der Waals surface area (Å²) in [4.78, 5) is 22.1. The molecule has 0 spiro atoms. The van der Waals surface area contributed by atoms with E-state index in [9.17, 15) is 22.8 Å². The fourth-order valence-electron chi connectivity index (χ4n) is 2.19. The van der Waals surface area contributed by atoms with Crippen LogP contribution in [0, 0.1) is 0 Å². The molecule has 23 heavy (non-hydrogen) atoms. The molecule has 0 heterocycles. The number of benzene rings is 1. The van der Waals surface area contributed by atoms with Gasteiger partial charge >= 0.3 is 18.1 Å². The van der Waals surface area contributed by atoms with E-state index in [4.69, 9.17) is 9.84 Å². The van der Waals surface area contributed by atoms with Crippen molar-refractivity contribution in [1.29, 1.82) is 0 Å². The van der Waals surface area contributed by atoms with Crippen molar-refractivity contribution in [2.45, 2.75) is 38.5 Å². The number of esters is 1. The fraction of sp³-hybridized carbons (Fsp3) is 0.375. The van der Waals surface area contributed by atoms with Crippen molar-refractivity contribution >= 4 is 11.9 Å². The van der Waals surface area contributed by atoms with E-state index in [1.165, 1.54) is 12.1 Å². The van der Waals surface area contributed by atoms with Gasteiger partial charge in [0.2, 0.25) is 0 Å². The number of ether oxygens (including phenoxy) is 1. The molecule has 0 aromatic heterocycles. The van der Waals surface area contributed by atoms with Crippen LogP contribution in [0.5, 0.6) is 0 Å². The molecule has 0 aliphatic heterocycles. The third-order valence-electron chi connectivity index (χ3n) is 3.54. The Hall–Kier alpha value is -2.31. The molecule has 0 atom stereocenters. The number of hydrogen-bond donors (Lipinski definition) is 1. The zero-order valence-electron chi connectivity index (χ0n) is 12.7. The summed E-state index contributed by atoms with van der Waals surface area (Å²) in [6, 6.07) is 4.39. The minimum absolute atomic E-state index is 0.335. The third-order valence-corrected chi connectivity index (χ3v) is 3.54. The van der Waals surface area contributed by atoms with Crippen LogP contribution in [0.15, 0.2) is 36.4 Å². The van der Waals surface area contributed by atoms with Crippen LogP contribution in [0.3, 0.4) is 0 Å². The van der Waals surface area contributed by atoms with E-state index >= 15 is 0 Å². The first-order valence-corrected chi connectivity index (χ1v) is 6.96. The van der Waals surface area contributed by atoms with Crippen molar-refractivity contribution in [1.82, 2.24) is 0 Å². The Morgan fingerprint density at radius 2 is 1.52 bits per heavy atom. The van der Waals surface area contributed by atoms with Gasteiger partial charge in [-0.15, -0.1) is 0 Å². The average Bonchev–Trinajstić information content (AvgIpc) is 2.50. The molecular formula is C16H17F3O4. The number of hydrogen-bond acceptors (Lipinski definition) is 3. The molecule has 1 aromatic rings. The van der Waals surface area contributed by atoms with E-state index in [0.29, 0.717) is 24.5 Å². The number of carbonyl (C=O) groups excluding carboxylic acids is 1. The van der Waals surface area contributed by atoms with Gasteiger partial charge in [-0.2, -0.15) is 13.2 Å². The van der Waals surface area contributed by atoms with Crippen LogP contribution in [-0.2, 0) is 26.1 Å². The van der Waals surface area contributed by atoms with Gasteiger partial charge in [0.05, 0.1) is 5.56 Å². The lowest BCUT2D eigenvalue weighted by Gasteiger charge is -2.32. The van der Waals surface area contributed by atoms with Gasteiger partial charge in [-0.25, -0.2) is 9.59 Å². The first kappa shape index (κ1) is 18.7. The van der Waals surface area contributed by atoms with Gasteiger partial charge < -0.3 is 9.84 Å². The molecular weight excluding hydrogens is 313 g/mol. The van der Waals surface area contributed by atoms with Crippen LogP contribution in [0.25, 0.3) is 0 Å². The summed E-state index contributed by atoms with van der Waals surface area (Å²) >= 11 is 0. The molecule has 0 aliphatic carbocycles.